The SMILES string of the molecule is COc1cc(OC(C)=O)ccc1/C=C/C(=O)O. The Kier molecular flexibility index (Phi) is 4.28. The van der Waals surface area contributed by atoms with Crippen LogP contribution >= 0.6 is 0 Å². The van der Waals surface area contributed by atoms with E-state index in [1.54, 1.807) is 12.1 Å². The quantitative estimate of drug-likeness (QED) is 0.489. The monoisotopic (exact) mass is 236 g/mol. The first-order valence-electron chi connectivity index (χ1n) is 4.80. The maximum absolute atomic E-state index is 10.8. The molecule has 0 radical (unpaired) electrons. The van der Waals surface area contributed by atoms with E-state index >= 15 is 0 Å². The van der Waals surface area contributed by atoms with Crippen LogP contribution in [-0.2, 0) is 9.59 Å². The molecule has 90 valence electrons. The zero-order chi connectivity index (χ0) is 12.8. The molecule has 0 saturated carbocycles. The van der Waals surface area contributed by atoms with Crippen molar-refractivity contribution in [1.29, 1.82) is 0 Å². The van der Waals surface area contributed by atoms with E-state index in [1.807, 2.05) is 0 Å². The van der Waals surface area contributed by atoms with E-state index in [9.17, 15) is 9.59 Å². The van der Waals surface area contributed by atoms with Gasteiger partial charge in [0.25, 0.3) is 0 Å². The van der Waals surface area contributed by atoms with Crippen LogP contribution in [-0.4, -0.2) is 24.2 Å². The topological polar surface area (TPSA) is 72.8 Å². The Balaban J connectivity index is 3.00. The van der Waals surface area contributed by atoms with E-state index in [0.29, 0.717) is 17.1 Å². The largest absolute Gasteiger partial charge is 0.496 e. The van der Waals surface area contributed by atoms with E-state index in [1.165, 1.54) is 26.2 Å². The fourth-order valence-corrected chi connectivity index (χ4v) is 1.22. The predicted octanol–water partition coefficient (Wildman–Crippen LogP) is 1.72. The van der Waals surface area contributed by atoms with E-state index in [0.717, 1.165) is 6.08 Å². The van der Waals surface area contributed by atoms with Crippen molar-refractivity contribution in [1.82, 2.24) is 0 Å². The van der Waals surface area contributed by atoms with Crippen molar-refractivity contribution < 1.29 is 24.2 Å². The number of carboxylic acid groups (broad SMARTS) is 1. The first kappa shape index (κ1) is 12.8. The Morgan fingerprint density at radius 3 is 2.59 bits per heavy atom. The third-order valence-corrected chi connectivity index (χ3v) is 1.87. The van der Waals surface area contributed by atoms with Crippen molar-refractivity contribution in [2.24, 2.45) is 0 Å². The number of ether oxygens (including phenoxy) is 2. The fourth-order valence-electron chi connectivity index (χ4n) is 1.22. The molecule has 0 spiro atoms. The Hall–Kier alpha value is -2.30. The van der Waals surface area contributed by atoms with Crippen LogP contribution in [0.5, 0.6) is 11.5 Å². The summed E-state index contributed by atoms with van der Waals surface area (Å²) < 4.78 is 9.94. The maximum atomic E-state index is 10.8. The minimum Gasteiger partial charge on any atom is -0.496 e. The first-order chi connectivity index (χ1) is 8.02. The number of methoxy groups -OCH3 is 1. The number of hydrogen-bond donors (Lipinski definition) is 1. The number of carboxylic acids is 1. The van der Waals surface area contributed by atoms with Crippen LogP contribution in [0, 0.1) is 0 Å². The third-order valence-electron chi connectivity index (χ3n) is 1.87. The van der Waals surface area contributed by atoms with Gasteiger partial charge in [0.2, 0.25) is 0 Å². The molecule has 0 saturated heterocycles. The van der Waals surface area contributed by atoms with Crippen LogP contribution in [0.3, 0.4) is 0 Å². The second-order valence-electron chi connectivity index (χ2n) is 3.17. The Bertz CT molecular complexity index is 462. The summed E-state index contributed by atoms with van der Waals surface area (Å²) in [6.07, 6.45) is 2.40. The van der Waals surface area contributed by atoms with Gasteiger partial charge in [0.1, 0.15) is 11.5 Å². The first-order valence-corrected chi connectivity index (χ1v) is 4.80. The molecule has 5 nitrogen and oxygen atoms in total. The van der Waals surface area contributed by atoms with E-state index < -0.39 is 11.9 Å². The van der Waals surface area contributed by atoms with E-state index in [2.05, 4.69) is 0 Å². The minimum absolute atomic E-state index is 0.349. The molecular weight excluding hydrogens is 224 g/mol. The van der Waals surface area contributed by atoms with Crippen LogP contribution in [0.4, 0.5) is 0 Å². The summed E-state index contributed by atoms with van der Waals surface area (Å²) in [6.45, 7) is 1.30. The molecule has 0 bridgehead atoms. The van der Waals surface area contributed by atoms with Gasteiger partial charge in [0.05, 0.1) is 7.11 Å². The summed E-state index contributed by atoms with van der Waals surface area (Å²) in [5.74, 6) is -0.694. The average Bonchev–Trinajstić information content (AvgIpc) is 2.26. The molecule has 1 N–H and O–H groups in total. The lowest BCUT2D eigenvalue weighted by Crippen LogP contribution is -2.01. The number of carbonyl (C=O) groups is 2. The third kappa shape index (κ3) is 3.98. The molecule has 0 aliphatic rings. The molecule has 0 fully saturated rings. The van der Waals surface area contributed by atoms with E-state index in [4.69, 9.17) is 14.6 Å². The van der Waals surface area contributed by atoms with Gasteiger partial charge in [0.15, 0.2) is 0 Å². The fraction of sp³-hybridized carbons (Fsp3) is 0.167. The van der Waals surface area contributed by atoms with Crippen molar-refractivity contribution >= 4 is 18.0 Å². The van der Waals surface area contributed by atoms with Gasteiger partial charge in [-0.05, 0) is 18.2 Å². The van der Waals surface area contributed by atoms with Crippen molar-refractivity contribution in [3.05, 3.63) is 29.8 Å². The Morgan fingerprint density at radius 1 is 1.35 bits per heavy atom. The summed E-state index contributed by atoms with van der Waals surface area (Å²) in [6, 6.07) is 4.69. The van der Waals surface area contributed by atoms with Crippen LogP contribution in [0.15, 0.2) is 24.3 Å². The van der Waals surface area contributed by atoms with Gasteiger partial charge >= 0.3 is 11.9 Å². The molecule has 0 aliphatic heterocycles. The van der Waals surface area contributed by atoms with Crippen LogP contribution in [0.25, 0.3) is 6.08 Å². The molecule has 0 heterocycles. The number of rotatable bonds is 4. The molecule has 1 aromatic carbocycles. The zero-order valence-corrected chi connectivity index (χ0v) is 9.47. The maximum Gasteiger partial charge on any atom is 0.328 e. The number of hydrogen-bond acceptors (Lipinski definition) is 4. The van der Waals surface area contributed by atoms with Crippen LogP contribution in [0.2, 0.25) is 0 Å². The number of esters is 1. The van der Waals surface area contributed by atoms with Gasteiger partial charge in [-0.2, -0.15) is 0 Å². The molecule has 0 aromatic heterocycles. The van der Waals surface area contributed by atoms with Gasteiger partial charge < -0.3 is 14.6 Å². The van der Waals surface area contributed by atoms with Crippen molar-refractivity contribution in [3.63, 3.8) is 0 Å². The van der Waals surface area contributed by atoms with Crippen molar-refractivity contribution in [2.75, 3.05) is 7.11 Å². The molecule has 0 amide bonds. The smallest absolute Gasteiger partial charge is 0.328 e. The highest BCUT2D eigenvalue weighted by Crippen LogP contribution is 2.25. The second kappa shape index (κ2) is 5.69. The van der Waals surface area contributed by atoms with Crippen LogP contribution < -0.4 is 9.47 Å². The molecule has 0 atom stereocenters. The number of aliphatic carboxylic acids is 1. The van der Waals surface area contributed by atoms with Crippen molar-refractivity contribution in [3.8, 4) is 11.5 Å². The standard InChI is InChI=1S/C12H12O5/c1-8(13)17-10-5-3-9(4-6-12(14)15)11(7-10)16-2/h3-7H,1-2H3,(H,14,15)/b6-4+. The molecule has 5 heteroatoms. The summed E-state index contributed by atoms with van der Waals surface area (Å²) in [5.41, 5.74) is 0.589. The van der Waals surface area contributed by atoms with Gasteiger partial charge in [-0.15, -0.1) is 0 Å². The highest BCUT2D eigenvalue weighted by atomic mass is 16.5. The summed E-state index contributed by atoms with van der Waals surface area (Å²) in [7, 11) is 1.45. The average molecular weight is 236 g/mol. The second-order valence-corrected chi connectivity index (χ2v) is 3.17. The molecule has 0 aliphatic carbocycles. The van der Waals surface area contributed by atoms with Gasteiger partial charge in [-0.25, -0.2) is 4.79 Å². The van der Waals surface area contributed by atoms with Gasteiger partial charge in [-0.3, -0.25) is 4.79 Å². The Labute approximate surface area is 98.3 Å². The lowest BCUT2D eigenvalue weighted by Gasteiger charge is -2.07. The Morgan fingerprint density at radius 2 is 2.06 bits per heavy atom. The highest BCUT2D eigenvalue weighted by molar-refractivity contribution is 5.86. The molecule has 17 heavy (non-hydrogen) atoms. The lowest BCUT2D eigenvalue weighted by molar-refractivity contribution is -0.132. The number of carbonyl (C=O) groups excluding carboxylic acids is 1. The summed E-state index contributed by atoms with van der Waals surface area (Å²) in [5, 5.41) is 8.51. The lowest BCUT2D eigenvalue weighted by atomic mass is 10.2. The highest BCUT2D eigenvalue weighted by Gasteiger charge is 2.04. The van der Waals surface area contributed by atoms with Gasteiger partial charge in [0, 0.05) is 24.6 Å². The summed E-state index contributed by atoms with van der Waals surface area (Å²) >= 11 is 0. The molecule has 1 rings (SSSR count). The predicted molar refractivity (Wildman–Crippen MR) is 61.0 cm³/mol. The molecule has 1 aromatic rings. The zero-order valence-electron chi connectivity index (χ0n) is 9.47. The van der Waals surface area contributed by atoms with Crippen LogP contribution in [0.1, 0.15) is 12.5 Å². The minimum atomic E-state index is -1.05. The molecular formula is C12H12O5. The van der Waals surface area contributed by atoms with Crippen molar-refractivity contribution in [2.45, 2.75) is 6.92 Å². The number of benzene rings is 1. The molecule has 0 unspecified atom stereocenters. The van der Waals surface area contributed by atoms with E-state index in [-0.39, 0.29) is 0 Å². The summed E-state index contributed by atoms with van der Waals surface area (Å²) in [4.78, 5) is 21.1. The normalized spacial score (nSPS) is 10.2. The van der Waals surface area contributed by atoms with Gasteiger partial charge in [-0.1, -0.05) is 0 Å².